The lowest BCUT2D eigenvalue weighted by Gasteiger charge is -2.27. The molecule has 7 heteroatoms. The van der Waals surface area contributed by atoms with Crippen LogP contribution in [0, 0.1) is 6.92 Å². The summed E-state index contributed by atoms with van der Waals surface area (Å²) < 4.78 is -1.71. The molecule has 1 rings (SSSR count). The van der Waals surface area contributed by atoms with Gasteiger partial charge in [-0.2, -0.15) is 0 Å². The highest BCUT2D eigenvalue weighted by atomic mass is 35.6. The molecule has 0 heterocycles. The first-order valence-electron chi connectivity index (χ1n) is 5.98. The second kappa shape index (κ2) is 7.46. The molecule has 0 unspecified atom stereocenters. The van der Waals surface area contributed by atoms with Gasteiger partial charge in [-0.1, -0.05) is 78.2 Å². The molecule has 2 N–H and O–H groups in total. The van der Waals surface area contributed by atoms with E-state index in [4.69, 9.17) is 47.0 Å². The first kappa shape index (κ1) is 17.5. The van der Waals surface area contributed by atoms with Gasteiger partial charge in [-0.05, 0) is 12.5 Å². The van der Waals surface area contributed by atoms with Crippen molar-refractivity contribution >= 4 is 57.9 Å². The molecule has 0 aliphatic rings. The Hall–Kier alpha value is -0.550. The number of carbonyl (C=O) groups excluding carboxylic acids is 1. The number of halogens is 3. The lowest BCUT2D eigenvalue weighted by molar-refractivity contribution is -0.121. The van der Waals surface area contributed by atoms with Crippen molar-refractivity contribution in [2.45, 2.75) is 30.2 Å². The van der Waals surface area contributed by atoms with Gasteiger partial charge in [0.05, 0.1) is 0 Å². The predicted octanol–water partition coefficient (Wildman–Crippen LogP) is 3.48. The maximum atomic E-state index is 11.5. The Morgan fingerprint density at radius 2 is 1.90 bits per heavy atom. The van der Waals surface area contributed by atoms with Gasteiger partial charge >= 0.3 is 0 Å². The van der Waals surface area contributed by atoms with Crippen LogP contribution in [0.1, 0.15) is 24.5 Å². The van der Waals surface area contributed by atoms with Gasteiger partial charge in [0.15, 0.2) is 0 Å². The van der Waals surface area contributed by atoms with E-state index in [0.717, 1.165) is 11.1 Å². The maximum absolute atomic E-state index is 11.5. The highest BCUT2D eigenvalue weighted by Crippen LogP contribution is 2.29. The number of alkyl halides is 3. The third-order valence-corrected chi connectivity index (χ3v) is 3.61. The molecule has 1 amide bonds. The molecule has 3 nitrogen and oxygen atoms in total. The van der Waals surface area contributed by atoms with Crippen LogP contribution in [0.4, 0.5) is 0 Å². The van der Waals surface area contributed by atoms with Crippen molar-refractivity contribution in [3.05, 3.63) is 35.4 Å². The molecular formula is C13H15Cl3N2OS. The molecule has 0 bridgehead atoms. The van der Waals surface area contributed by atoms with E-state index in [1.165, 1.54) is 0 Å². The molecule has 1 aromatic rings. The number of hydrogen-bond donors (Lipinski definition) is 2. The Kier molecular flexibility index (Phi) is 6.52. The van der Waals surface area contributed by atoms with Gasteiger partial charge in [-0.25, -0.2) is 0 Å². The quantitative estimate of drug-likeness (QED) is 0.494. The van der Waals surface area contributed by atoms with Gasteiger partial charge in [0.1, 0.15) is 11.2 Å². The number of rotatable bonds is 4. The van der Waals surface area contributed by atoms with Gasteiger partial charge < -0.3 is 10.6 Å². The number of carbonyl (C=O) groups is 1. The van der Waals surface area contributed by atoms with Crippen LogP contribution in [0.15, 0.2) is 24.3 Å². The van der Waals surface area contributed by atoms with Crippen molar-refractivity contribution < 1.29 is 4.79 Å². The number of thiocarbonyl (C=S) groups is 1. The monoisotopic (exact) mass is 352 g/mol. The van der Waals surface area contributed by atoms with Crippen molar-refractivity contribution in [3.8, 4) is 0 Å². The molecule has 110 valence electrons. The summed E-state index contributed by atoms with van der Waals surface area (Å²) >= 11 is 22.9. The Morgan fingerprint density at radius 1 is 1.30 bits per heavy atom. The standard InChI is InChI=1S/C13H15Cl3N2OS/c1-3-10(19)17-12(13(14,15)16)18-11(20)9-7-5-4-6-8(9)2/h4-7,12H,3H2,1-2H3,(H,17,19)(H,18,20)/t12-/m0/s1. The van der Waals surface area contributed by atoms with Gasteiger partial charge in [0, 0.05) is 12.0 Å². The normalized spacial score (nSPS) is 12.7. The molecule has 0 saturated carbocycles. The van der Waals surface area contributed by atoms with Crippen LogP contribution in [0.2, 0.25) is 0 Å². The van der Waals surface area contributed by atoms with Crippen molar-refractivity contribution in [2.75, 3.05) is 0 Å². The minimum atomic E-state index is -1.71. The van der Waals surface area contributed by atoms with Crippen LogP contribution in [0.5, 0.6) is 0 Å². The molecule has 0 aromatic heterocycles. The molecule has 0 saturated heterocycles. The average Bonchev–Trinajstić information content (AvgIpc) is 2.37. The highest BCUT2D eigenvalue weighted by Gasteiger charge is 2.34. The smallest absolute Gasteiger partial charge is 0.228 e. The van der Waals surface area contributed by atoms with Gasteiger partial charge in [-0.15, -0.1) is 0 Å². The topological polar surface area (TPSA) is 41.1 Å². The zero-order valence-electron chi connectivity index (χ0n) is 11.0. The minimum absolute atomic E-state index is 0.235. The predicted molar refractivity (Wildman–Crippen MR) is 88.5 cm³/mol. The third-order valence-electron chi connectivity index (χ3n) is 2.62. The summed E-state index contributed by atoms with van der Waals surface area (Å²) in [5.41, 5.74) is 1.82. The first-order valence-corrected chi connectivity index (χ1v) is 7.52. The number of benzene rings is 1. The van der Waals surface area contributed by atoms with E-state index >= 15 is 0 Å². The van der Waals surface area contributed by atoms with Crippen LogP contribution in [-0.2, 0) is 4.79 Å². The van der Waals surface area contributed by atoms with E-state index < -0.39 is 9.96 Å². The summed E-state index contributed by atoms with van der Waals surface area (Å²) in [5, 5.41) is 5.48. The van der Waals surface area contributed by atoms with Gasteiger partial charge in [0.25, 0.3) is 0 Å². The fraction of sp³-hybridized carbons (Fsp3) is 0.385. The summed E-state index contributed by atoms with van der Waals surface area (Å²) in [5.74, 6) is -0.235. The Morgan fingerprint density at radius 3 is 2.40 bits per heavy atom. The third kappa shape index (κ3) is 5.09. The molecule has 0 aliphatic heterocycles. The Bertz CT molecular complexity index is 503. The van der Waals surface area contributed by atoms with E-state index in [1.807, 2.05) is 31.2 Å². The lowest BCUT2D eigenvalue weighted by Crippen LogP contribution is -2.55. The van der Waals surface area contributed by atoms with Crippen molar-refractivity contribution in [1.29, 1.82) is 0 Å². The van der Waals surface area contributed by atoms with E-state index in [9.17, 15) is 4.79 Å². The second-order valence-electron chi connectivity index (χ2n) is 4.18. The molecule has 0 spiro atoms. The first-order chi connectivity index (χ1) is 9.25. The van der Waals surface area contributed by atoms with Crippen LogP contribution in [0.25, 0.3) is 0 Å². The van der Waals surface area contributed by atoms with Crippen LogP contribution >= 0.6 is 47.0 Å². The SMILES string of the molecule is CCC(=O)N[C@@H](NC(=S)c1ccccc1C)C(Cl)(Cl)Cl. The molecule has 1 atom stereocenters. The summed E-state index contributed by atoms with van der Waals surface area (Å²) in [6.07, 6.45) is -0.608. The highest BCUT2D eigenvalue weighted by molar-refractivity contribution is 7.80. The van der Waals surface area contributed by atoms with E-state index in [2.05, 4.69) is 10.6 Å². The summed E-state index contributed by atoms with van der Waals surface area (Å²) in [4.78, 5) is 11.9. The summed E-state index contributed by atoms with van der Waals surface area (Å²) in [7, 11) is 0. The van der Waals surface area contributed by atoms with Gasteiger partial charge in [-0.3, -0.25) is 4.79 Å². The van der Waals surface area contributed by atoms with Crippen LogP contribution in [0.3, 0.4) is 0 Å². The summed E-state index contributed by atoms with van der Waals surface area (Å²) in [6.45, 7) is 3.64. The number of amides is 1. The lowest BCUT2D eigenvalue weighted by atomic mass is 10.1. The maximum Gasteiger partial charge on any atom is 0.228 e. The minimum Gasteiger partial charge on any atom is -0.352 e. The molecule has 20 heavy (non-hydrogen) atoms. The van der Waals surface area contributed by atoms with Gasteiger partial charge in [0.2, 0.25) is 9.70 Å². The van der Waals surface area contributed by atoms with Crippen molar-refractivity contribution in [1.82, 2.24) is 10.6 Å². The fourth-order valence-corrected chi connectivity index (χ4v) is 2.17. The largest absolute Gasteiger partial charge is 0.352 e. The van der Waals surface area contributed by atoms with Crippen molar-refractivity contribution in [3.63, 3.8) is 0 Å². The molecule has 0 fully saturated rings. The van der Waals surface area contributed by atoms with Crippen molar-refractivity contribution in [2.24, 2.45) is 0 Å². The van der Waals surface area contributed by atoms with E-state index in [0.29, 0.717) is 4.99 Å². The molecule has 0 aliphatic carbocycles. The molecule has 1 aromatic carbocycles. The van der Waals surface area contributed by atoms with Crippen LogP contribution in [-0.4, -0.2) is 20.9 Å². The summed E-state index contributed by atoms with van der Waals surface area (Å²) in [6, 6.07) is 7.57. The van der Waals surface area contributed by atoms with E-state index in [1.54, 1.807) is 6.92 Å². The molecular weight excluding hydrogens is 339 g/mol. The fourth-order valence-electron chi connectivity index (χ4n) is 1.50. The van der Waals surface area contributed by atoms with Crippen LogP contribution < -0.4 is 10.6 Å². The van der Waals surface area contributed by atoms with E-state index in [-0.39, 0.29) is 12.3 Å². The molecule has 0 radical (unpaired) electrons. The average molecular weight is 354 g/mol. The Balaban J connectivity index is 2.88. The number of aryl methyl sites for hydroxylation is 1. The number of nitrogens with one attached hydrogen (secondary N) is 2. The zero-order chi connectivity index (χ0) is 15.3. The second-order valence-corrected chi connectivity index (χ2v) is 6.96. The number of hydrogen-bond acceptors (Lipinski definition) is 2. The zero-order valence-corrected chi connectivity index (χ0v) is 14.1. The Labute approximate surface area is 139 Å².